The van der Waals surface area contributed by atoms with E-state index in [1.807, 2.05) is 0 Å². The third-order valence-corrected chi connectivity index (χ3v) is 3.33. The molecule has 1 heterocycles. The maximum absolute atomic E-state index is 11.0. The predicted octanol–water partition coefficient (Wildman–Crippen LogP) is -4.43. The molecule has 0 aliphatic carbocycles. The van der Waals surface area contributed by atoms with E-state index >= 15 is 0 Å². The van der Waals surface area contributed by atoms with Gasteiger partial charge in [0.15, 0.2) is 0 Å². The lowest BCUT2D eigenvalue weighted by atomic mass is 9.88. The molecule has 6 atom stereocenters. The van der Waals surface area contributed by atoms with Gasteiger partial charge in [0.25, 0.3) is 5.79 Å². The van der Waals surface area contributed by atoms with Gasteiger partial charge in [-0.3, -0.25) is 0 Å². The maximum Gasteiger partial charge on any atom is 0.364 e. The van der Waals surface area contributed by atoms with Gasteiger partial charge < -0.3 is 45.8 Å². The van der Waals surface area contributed by atoms with E-state index < -0.39 is 55.2 Å². The molecule has 1 saturated heterocycles. The van der Waals surface area contributed by atoms with E-state index in [-0.39, 0.29) is 13.2 Å². The molecule has 1 aliphatic heterocycles. The molecule has 1 fully saturated rings. The van der Waals surface area contributed by atoms with E-state index in [1.54, 1.807) is 0 Å². The van der Waals surface area contributed by atoms with Crippen molar-refractivity contribution in [3.8, 4) is 0 Å². The summed E-state index contributed by atoms with van der Waals surface area (Å²) in [5.41, 5.74) is 0. The SMILES string of the molecule is O=C(O)[C@]1(O)C[C@H](O)[C@@H](NCCO)[C@H]([C@H](O)[C@H](O)CO)O1. The molecule has 0 aromatic carbocycles. The summed E-state index contributed by atoms with van der Waals surface area (Å²) >= 11 is 0. The number of nitrogens with one attached hydrogen (secondary N) is 1. The number of carboxylic acids is 1. The number of carboxylic acid groups (broad SMARTS) is 1. The van der Waals surface area contributed by atoms with Crippen LogP contribution < -0.4 is 5.32 Å². The number of aliphatic hydroxyl groups is 6. The van der Waals surface area contributed by atoms with Crippen molar-refractivity contribution < 1.29 is 45.3 Å². The monoisotopic (exact) mass is 311 g/mol. The molecule has 0 aromatic rings. The fourth-order valence-corrected chi connectivity index (χ4v) is 2.21. The van der Waals surface area contributed by atoms with Gasteiger partial charge in [0.05, 0.1) is 25.4 Å². The van der Waals surface area contributed by atoms with Gasteiger partial charge in [0.2, 0.25) is 0 Å². The summed E-state index contributed by atoms with van der Waals surface area (Å²) in [6, 6.07) is -1.05. The van der Waals surface area contributed by atoms with Crippen LogP contribution in [0.15, 0.2) is 0 Å². The third kappa shape index (κ3) is 4.08. The largest absolute Gasteiger partial charge is 0.477 e. The topological polar surface area (TPSA) is 180 Å². The molecule has 0 radical (unpaired) electrons. The molecule has 124 valence electrons. The van der Waals surface area contributed by atoms with Crippen LogP contribution in [0.3, 0.4) is 0 Å². The minimum absolute atomic E-state index is 0.00896. The van der Waals surface area contributed by atoms with E-state index in [9.17, 15) is 25.2 Å². The molecular weight excluding hydrogens is 290 g/mol. The Morgan fingerprint density at radius 1 is 1.38 bits per heavy atom. The first kappa shape index (κ1) is 18.2. The van der Waals surface area contributed by atoms with Gasteiger partial charge in [0, 0.05) is 13.0 Å². The van der Waals surface area contributed by atoms with Crippen LogP contribution in [-0.4, -0.2) is 97.7 Å². The Morgan fingerprint density at radius 3 is 2.48 bits per heavy atom. The lowest BCUT2D eigenvalue weighted by Crippen LogP contribution is -2.67. The minimum atomic E-state index is -2.72. The van der Waals surface area contributed by atoms with Gasteiger partial charge in [-0.2, -0.15) is 0 Å². The summed E-state index contributed by atoms with van der Waals surface area (Å²) < 4.78 is 4.93. The van der Waals surface area contributed by atoms with E-state index in [4.69, 9.17) is 20.1 Å². The smallest absolute Gasteiger partial charge is 0.364 e. The Kier molecular flexibility index (Phi) is 6.43. The molecule has 1 aliphatic rings. The predicted molar refractivity (Wildman–Crippen MR) is 66.1 cm³/mol. The van der Waals surface area contributed by atoms with Gasteiger partial charge in [-0.05, 0) is 0 Å². The minimum Gasteiger partial charge on any atom is -0.477 e. The van der Waals surface area contributed by atoms with Crippen LogP contribution in [0.1, 0.15) is 6.42 Å². The summed E-state index contributed by atoms with van der Waals surface area (Å²) in [4.78, 5) is 11.0. The molecule has 0 unspecified atom stereocenters. The number of hydrogen-bond donors (Lipinski definition) is 8. The van der Waals surface area contributed by atoms with Gasteiger partial charge in [-0.1, -0.05) is 0 Å². The highest BCUT2D eigenvalue weighted by Crippen LogP contribution is 2.30. The van der Waals surface area contributed by atoms with Crippen LogP contribution in [0.5, 0.6) is 0 Å². The van der Waals surface area contributed by atoms with Crippen LogP contribution in [0.2, 0.25) is 0 Å². The summed E-state index contributed by atoms with van der Waals surface area (Å²) in [6.45, 7) is -1.11. The Hall–Kier alpha value is -0.850. The molecule has 21 heavy (non-hydrogen) atoms. The number of carbonyl (C=O) groups is 1. The third-order valence-electron chi connectivity index (χ3n) is 3.33. The van der Waals surface area contributed by atoms with Gasteiger partial charge in [-0.15, -0.1) is 0 Å². The zero-order valence-corrected chi connectivity index (χ0v) is 11.2. The van der Waals surface area contributed by atoms with Crippen molar-refractivity contribution in [2.75, 3.05) is 19.8 Å². The Labute approximate surface area is 120 Å². The summed E-state index contributed by atoms with van der Waals surface area (Å²) in [5, 5.41) is 68.3. The van der Waals surface area contributed by atoms with Gasteiger partial charge in [-0.25, -0.2) is 4.79 Å². The molecule has 10 heteroatoms. The highest BCUT2D eigenvalue weighted by molar-refractivity contribution is 5.75. The van der Waals surface area contributed by atoms with E-state index in [2.05, 4.69) is 5.32 Å². The standard InChI is InChI=1S/C11H21NO9/c13-2-1-12-7-5(15)3-11(20,10(18)19)21-9(7)8(17)6(16)4-14/h5-9,12-17,20H,1-4H2,(H,18,19)/t5-,6+,7+,8+,9+,11-/m0/s1. The fourth-order valence-electron chi connectivity index (χ4n) is 2.21. The van der Waals surface area contributed by atoms with Crippen LogP contribution in [0.25, 0.3) is 0 Å². The molecule has 10 nitrogen and oxygen atoms in total. The van der Waals surface area contributed by atoms with Crippen molar-refractivity contribution in [3.05, 3.63) is 0 Å². The number of ether oxygens (including phenoxy) is 1. The van der Waals surface area contributed by atoms with Crippen molar-refractivity contribution in [1.82, 2.24) is 5.32 Å². The van der Waals surface area contributed by atoms with E-state index in [1.165, 1.54) is 0 Å². The number of rotatable bonds is 7. The molecule has 0 aromatic heterocycles. The van der Waals surface area contributed by atoms with Crippen molar-refractivity contribution in [3.63, 3.8) is 0 Å². The zero-order valence-electron chi connectivity index (χ0n) is 11.2. The number of aliphatic carboxylic acids is 1. The maximum atomic E-state index is 11.0. The van der Waals surface area contributed by atoms with Crippen molar-refractivity contribution >= 4 is 5.97 Å². The molecule has 0 saturated carbocycles. The molecule has 0 spiro atoms. The first-order valence-corrected chi connectivity index (χ1v) is 6.39. The molecule has 0 bridgehead atoms. The Bertz CT molecular complexity index is 355. The van der Waals surface area contributed by atoms with Gasteiger partial charge >= 0.3 is 5.97 Å². The molecule has 8 N–H and O–H groups in total. The van der Waals surface area contributed by atoms with Crippen molar-refractivity contribution in [2.45, 2.75) is 42.7 Å². The molecule has 1 rings (SSSR count). The normalized spacial score (nSPS) is 36.2. The van der Waals surface area contributed by atoms with Crippen LogP contribution in [-0.2, 0) is 9.53 Å². The van der Waals surface area contributed by atoms with E-state index in [0.717, 1.165) is 0 Å². The van der Waals surface area contributed by atoms with Crippen molar-refractivity contribution in [2.24, 2.45) is 0 Å². The second-order valence-corrected chi connectivity index (χ2v) is 4.89. The summed E-state index contributed by atoms with van der Waals surface area (Å²) in [7, 11) is 0. The van der Waals surface area contributed by atoms with Crippen LogP contribution in [0.4, 0.5) is 0 Å². The fraction of sp³-hybridized carbons (Fsp3) is 0.909. The lowest BCUT2D eigenvalue weighted by molar-refractivity contribution is -0.295. The number of aliphatic hydroxyl groups excluding tert-OH is 5. The highest BCUT2D eigenvalue weighted by atomic mass is 16.7. The van der Waals surface area contributed by atoms with E-state index in [0.29, 0.717) is 0 Å². The summed E-state index contributed by atoms with van der Waals surface area (Å²) in [5.74, 6) is -4.48. The highest BCUT2D eigenvalue weighted by Gasteiger charge is 2.53. The second-order valence-electron chi connectivity index (χ2n) is 4.89. The Morgan fingerprint density at radius 2 is 2.00 bits per heavy atom. The van der Waals surface area contributed by atoms with Gasteiger partial charge in [0.1, 0.15) is 18.3 Å². The Balaban J connectivity index is 2.99. The molecular formula is C11H21NO9. The quantitative estimate of drug-likeness (QED) is 0.228. The first-order chi connectivity index (χ1) is 9.76. The average Bonchev–Trinajstić information content (AvgIpc) is 2.44. The lowest BCUT2D eigenvalue weighted by Gasteiger charge is -2.44. The summed E-state index contributed by atoms with van der Waals surface area (Å²) in [6.07, 6.45) is -7.01. The first-order valence-electron chi connectivity index (χ1n) is 6.39. The average molecular weight is 311 g/mol. The van der Waals surface area contributed by atoms with Crippen LogP contribution >= 0.6 is 0 Å². The molecule has 0 amide bonds. The van der Waals surface area contributed by atoms with Crippen LogP contribution in [0, 0.1) is 0 Å². The zero-order chi connectivity index (χ0) is 16.2. The van der Waals surface area contributed by atoms with Crippen molar-refractivity contribution in [1.29, 1.82) is 0 Å². The second kappa shape index (κ2) is 7.42. The number of hydrogen-bond acceptors (Lipinski definition) is 9.